The molecule has 0 saturated heterocycles. The van der Waals surface area contributed by atoms with Crippen LogP contribution in [0.25, 0.3) is 5.32 Å². The van der Waals surface area contributed by atoms with Crippen molar-refractivity contribution in [3.8, 4) is 0 Å². The quantitative estimate of drug-likeness (QED) is 0.256. The summed E-state index contributed by atoms with van der Waals surface area (Å²) < 4.78 is 28.8. The predicted octanol–water partition coefficient (Wildman–Crippen LogP) is -2.26. The maximum atomic E-state index is 10.8. The van der Waals surface area contributed by atoms with Crippen LogP contribution in [-0.4, -0.2) is 31.2 Å². The number of carbonyl (C=O) groups excluding carboxylic acids is 1. The Morgan fingerprint density at radius 3 is 2.36 bits per heavy atom. The fourth-order valence-corrected chi connectivity index (χ4v) is 1.06. The second-order valence-corrected chi connectivity index (χ2v) is 4.18. The van der Waals surface area contributed by atoms with Gasteiger partial charge in [-0.05, 0) is 12.5 Å². The molecule has 0 spiro atoms. The van der Waals surface area contributed by atoms with Crippen molar-refractivity contribution in [2.45, 2.75) is 13.3 Å². The van der Waals surface area contributed by atoms with E-state index in [-0.39, 0.29) is 70.1 Å². The average molecular weight is 245 g/mol. The molecule has 1 N–H and O–H groups in total. The minimum Gasteiger partial charge on any atom is -0.649 e. The van der Waals surface area contributed by atoms with Gasteiger partial charge in [-0.3, -0.25) is 4.55 Å². The van der Waals surface area contributed by atoms with Gasteiger partial charge in [0.15, 0.2) is 0 Å². The first-order valence-electron chi connectivity index (χ1n) is 3.65. The van der Waals surface area contributed by atoms with Crippen molar-refractivity contribution < 1.29 is 69.1 Å². The van der Waals surface area contributed by atoms with Gasteiger partial charge in [-0.1, -0.05) is 13.0 Å². The minimum atomic E-state index is -3.94. The zero-order valence-corrected chi connectivity index (χ0v) is 12.3. The van der Waals surface area contributed by atoms with E-state index in [0.29, 0.717) is 5.57 Å². The van der Waals surface area contributed by atoms with Crippen LogP contribution < -0.4 is 51.4 Å². The third-order valence-corrected chi connectivity index (χ3v) is 1.99. The number of nitrogens with zero attached hydrogens (tertiary/aromatic N) is 1. The summed E-state index contributed by atoms with van der Waals surface area (Å²) in [5.74, 6) is -0.810. The molecule has 76 valence electrons. The first-order chi connectivity index (χ1) is 5.83. The molecule has 0 unspecified atom stereocenters. The molecule has 0 bridgehead atoms. The molecule has 14 heavy (non-hydrogen) atoms. The van der Waals surface area contributed by atoms with E-state index in [0.717, 1.165) is 0 Å². The van der Waals surface area contributed by atoms with Crippen LogP contribution >= 0.6 is 0 Å². The Balaban J connectivity index is 0. The van der Waals surface area contributed by atoms with Gasteiger partial charge in [0.1, 0.15) is 0 Å². The van der Waals surface area contributed by atoms with Gasteiger partial charge < -0.3 is 10.1 Å². The summed E-state index contributed by atoms with van der Waals surface area (Å²) >= 11 is 0. The summed E-state index contributed by atoms with van der Waals surface area (Å²) in [6.45, 7) is 4.98. The van der Waals surface area contributed by atoms with Gasteiger partial charge in [0.05, 0.1) is 11.7 Å². The minimum absolute atomic E-state index is 0. The van der Waals surface area contributed by atoms with Gasteiger partial charge in [-0.25, -0.2) is 0 Å². The van der Waals surface area contributed by atoms with E-state index in [1.807, 2.05) is 0 Å². The van der Waals surface area contributed by atoms with Crippen LogP contribution in [0.3, 0.4) is 0 Å². The molecule has 0 aliphatic carbocycles. The molecule has 0 heterocycles. The largest absolute Gasteiger partial charge is 1.00 e. The fraction of sp³-hybridized carbons (Fsp3) is 0.571. The monoisotopic (exact) mass is 245 g/mol. The number of hydrogen-bond acceptors (Lipinski definition) is 3. The molecule has 0 atom stereocenters. The van der Waals surface area contributed by atoms with E-state index in [1.165, 1.54) is 6.92 Å². The van der Waals surface area contributed by atoms with Crippen molar-refractivity contribution in [1.82, 2.24) is 0 Å². The molecule has 1 amide bonds. The Bertz CT molecular complexity index is 299. The van der Waals surface area contributed by atoms with Crippen LogP contribution in [0, 0.1) is 0 Å². The summed E-state index contributed by atoms with van der Waals surface area (Å²) in [6, 6.07) is 0. The van der Waals surface area contributed by atoms with Gasteiger partial charge in [0.2, 0.25) is 0 Å². The van der Waals surface area contributed by atoms with Crippen LogP contribution in [0.15, 0.2) is 12.2 Å². The smallest absolute Gasteiger partial charge is 0.649 e. The van der Waals surface area contributed by atoms with E-state index < -0.39 is 16.0 Å². The molecular formula is C7H12KNO4S. The van der Waals surface area contributed by atoms with Gasteiger partial charge in [0.25, 0.3) is 10.1 Å². The van der Waals surface area contributed by atoms with Crippen molar-refractivity contribution in [2.75, 3.05) is 12.3 Å². The van der Waals surface area contributed by atoms with Gasteiger partial charge >= 0.3 is 51.4 Å². The summed E-state index contributed by atoms with van der Waals surface area (Å²) in [7, 11) is -3.94. The molecule has 0 fully saturated rings. The van der Waals surface area contributed by atoms with Crippen molar-refractivity contribution >= 4 is 16.0 Å². The maximum Gasteiger partial charge on any atom is 1.00 e. The Morgan fingerprint density at radius 1 is 1.50 bits per heavy atom. The first kappa shape index (κ1) is 17.2. The van der Waals surface area contributed by atoms with Crippen LogP contribution in [0.5, 0.6) is 0 Å². The van der Waals surface area contributed by atoms with Crippen LogP contribution in [0.1, 0.15) is 13.3 Å². The van der Waals surface area contributed by atoms with Crippen molar-refractivity contribution in [2.24, 2.45) is 0 Å². The molecule has 7 heteroatoms. The number of amides is 1. The molecule has 0 aromatic carbocycles. The molecular weight excluding hydrogens is 233 g/mol. The predicted molar refractivity (Wildman–Crippen MR) is 49.1 cm³/mol. The van der Waals surface area contributed by atoms with Crippen molar-refractivity contribution in [3.63, 3.8) is 0 Å². The van der Waals surface area contributed by atoms with Gasteiger partial charge in [-0.2, -0.15) is 8.42 Å². The van der Waals surface area contributed by atoms with E-state index in [2.05, 4.69) is 11.9 Å². The fourth-order valence-electron chi connectivity index (χ4n) is 0.563. The molecule has 0 rings (SSSR count). The molecule has 5 nitrogen and oxygen atoms in total. The summed E-state index contributed by atoms with van der Waals surface area (Å²) in [5.41, 5.74) is 0.312. The van der Waals surface area contributed by atoms with Crippen LogP contribution in [0.4, 0.5) is 0 Å². The third kappa shape index (κ3) is 10.8. The maximum absolute atomic E-state index is 10.8. The summed E-state index contributed by atoms with van der Waals surface area (Å²) in [5, 5.41) is 3.51. The summed E-state index contributed by atoms with van der Waals surface area (Å²) in [6.07, 6.45) is 0.137. The van der Waals surface area contributed by atoms with Crippen LogP contribution in [0.2, 0.25) is 0 Å². The van der Waals surface area contributed by atoms with Crippen molar-refractivity contribution in [3.05, 3.63) is 17.5 Å². The van der Waals surface area contributed by atoms with E-state index in [4.69, 9.17) is 4.55 Å². The second kappa shape index (κ2) is 7.97. The SMILES string of the molecule is C=C(C)C(=O)[N-]CCCS(=O)(=O)O.[K+]. The second-order valence-electron chi connectivity index (χ2n) is 2.61. The number of hydrogen-bond donors (Lipinski definition) is 1. The molecule has 0 aromatic rings. The summed E-state index contributed by atoms with van der Waals surface area (Å²) in [4.78, 5) is 10.8. The topological polar surface area (TPSA) is 85.5 Å². The average Bonchev–Trinajstić information content (AvgIpc) is 1.95. The Kier molecular flexibility index (Phi) is 9.77. The molecule has 0 radical (unpaired) electrons. The van der Waals surface area contributed by atoms with Crippen LogP contribution in [-0.2, 0) is 14.9 Å². The van der Waals surface area contributed by atoms with E-state index in [9.17, 15) is 13.2 Å². The van der Waals surface area contributed by atoms with E-state index >= 15 is 0 Å². The zero-order chi connectivity index (χ0) is 10.5. The van der Waals surface area contributed by atoms with Gasteiger partial charge in [-0.15, -0.1) is 6.54 Å². The Hall–Kier alpha value is 0.756. The molecule has 0 aliphatic heterocycles. The Labute approximate surface area is 127 Å². The standard InChI is InChI=1S/C7H13NO4S.K/c1-6(2)7(9)8-4-3-5-13(10,11)12;/h1,3-5H2,2H3,(H2,8,9,10,11,12);/q;+1/p-1. The normalized spacial score (nSPS) is 10.1. The zero-order valence-electron chi connectivity index (χ0n) is 8.36. The first-order valence-corrected chi connectivity index (χ1v) is 5.26. The third-order valence-electron chi connectivity index (χ3n) is 1.18. The molecule has 0 aliphatic rings. The van der Waals surface area contributed by atoms with E-state index in [1.54, 1.807) is 0 Å². The molecule has 0 saturated carbocycles. The molecule has 0 aromatic heterocycles. The van der Waals surface area contributed by atoms with Crippen molar-refractivity contribution in [1.29, 1.82) is 0 Å². The number of carbonyl (C=O) groups is 1. The number of rotatable bonds is 5. The Morgan fingerprint density at radius 2 is 2.00 bits per heavy atom. The van der Waals surface area contributed by atoms with Gasteiger partial charge in [0, 0.05) is 0 Å².